The standard InChI is InChI=1S/C15H11BrF7IO2/c16-10-5-3-9(4-6-10)12(25)26-7-1-2-11(24)8-13(17,14(18,19)20)15(21,22)23/h3-6,8H,1-2,7H2. The molecule has 0 unspecified atom stereocenters. The average Bonchev–Trinajstić information content (AvgIpc) is 2.49. The smallest absolute Gasteiger partial charge is 0.435 e. The molecular weight excluding hydrogens is 552 g/mol. The number of halogens is 9. The normalized spacial score (nSPS) is 13.7. The number of esters is 1. The molecule has 0 saturated carbocycles. The molecule has 0 spiro atoms. The van der Waals surface area contributed by atoms with Crippen molar-refractivity contribution in [2.45, 2.75) is 30.9 Å². The molecule has 0 bridgehead atoms. The van der Waals surface area contributed by atoms with Gasteiger partial charge in [0.1, 0.15) is 0 Å². The Bertz CT molecular complexity index is 639. The van der Waals surface area contributed by atoms with Gasteiger partial charge in [-0.05, 0) is 69.4 Å². The first-order valence-electron chi connectivity index (χ1n) is 6.90. The number of hydrogen-bond acceptors (Lipinski definition) is 2. The van der Waals surface area contributed by atoms with Crippen molar-refractivity contribution >= 4 is 44.5 Å². The van der Waals surface area contributed by atoms with Gasteiger partial charge in [-0.2, -0.15) is 26.3 Å². The van der Waals surface area contributed by atoms with E-state index in [1.807, 2.05) is 0 Å². The van der Waals surface area contributed by atoms with Crippen LogP contribution in [0.3, 0.4) is 0 Å². The zero-order valence-corrected chi connectivity index (χ0v) is 16.5. The second kappa shape index (κ2) is 8.89. The Labute approximate surface area is 166 Å². The summed E-state index contributed by atoms with van der Waals surface area (Å²) < 4.78 is 93.4. The Kier molecular flexibility index (Phi) is 7.93. The van der Waals surface area contributed by atoms with Crippen molar-refractivity contribution in [3.05, 3.63) is 44.0 Å². The van der Waals surface area contributed by atoms with Gasteiger partial charge in [-0.15, -0.1) is 0 Å². The second-order valence-electron chi connectivity index (χ2n) is 5.04. The molecule has 0 heterocycles. The molecule has 0 amide bonds. The van der Waals surface area contributed by atoms with Crippen molar-refractivity contribution in [1.82, 2.24) is 0 Å². The van der Waals surface area contributed by atoms with Crippen LogP contribution >= 0.6 is 38.5 Å². The SMILES string of the molecule is O=C(OCCCC(I)=CC(F)(C(F)(F)F)C(F)(F)F)c1ccc(Br)cc1. The third kappa shape index (κ3) is 6.10. The Balaban J connectivity index is 2.62. The predicted octanol–water partition coefficient (Wildman–Crippen LogP) is 6.54. The van der Waals surface area contributed by atoms with Gasteiger partial charge < -0.3 is 4.74 Å². The van der Waals surface area contributed by atoms with Gasteiger partial charge in [0.2, 0.25) is 0 Å². The minimum Gasteiger partial charge on any atom is -0.462 e. The average molecular weight is 563 g/mol. The van der Waals surface area contributed by atoms with Crippen LogP contribution in [-0.4, -0.2) is 30.6 Å². The first-order valence-corrected chi connectivity index (χ1v) is 8.77. The third-order valence-corrected chi connectivity index (χ3v) is 4.43. The van der Waals surface area contributed by atoms with Crippen LogP contribution < -0.4 is 0 Å². The topological polar surface area (TPSA) is 26.3 Å². The molecule has 2 nitrogen and oxygen atoms in total. The number of benzene rings is 1. The summed E-state index contributed by atoms with van der Waals surface area (Å²) in [6, 6.07) is 6.13. The third-order valence-electron chi connectivity index (χ3n) is 3.05. The summed E-state index contributed by atoms with van der Waals surface area (Å²) in [5.41, 5.74) is -5.19. The molecule has 0 aliphatic heterocycles. The minimum atomic E-state index is -6.13. The van der Waals surface area contributed by atoms with Crippen molar-refractivity contribution in [1.29, 1.82) is 0 Å². The van der Waals surface area contributed by atoms with Gasteiger partial charge in [-0.25, -0.2) is 9.18 Å². The van der Waals surface area contributed by atoms with E-state index in [1.165, 1.54) is 34.7 Å². The second-order valence-corrected chi connectivity index (χ2v) is 7.35. The van der Waals surface area contributed by atoms with Gasteiger partial charge >= 0.3 is 24.0 Å². The number of carbonyl (C=O) groups excluding carboxylic acids is 1. The highest BCUT2D eigenvalue weighted by Crippen LogP contribution is 2.48. The van der Waals surface area contributed by atoms with Crippen LogP contribution in [-0.2, 0) is 4.74 Å². The van der Waals surface area contributed by atoms with Crippen molar-refractivity contribution in [2.75, 3.05) is 6.61 Å². The Morgan fingerprint density at radius 3 is 2.00 bits per heavy atom. The van der Waals surface area contributed by atoms with Crippen LogP contribution in [0.15, 0.2) is 38.4 Å². The lowest BCUT2D eigenvalue weighted by molar-refractivity contribution is -0.322. The highest BCUT2D eigenvalue weighted by atomic mass is 127. The highest BCUT2D eigenvalue weighted by Gasteiger charge is 2.71. The molecule has 0 aliphatic carbocycles. The lowest BCUT2D eigenvalue weighted by Gasteiger charge is -2.27. The number of ether oxygens (including phenoxy) is 1. The van der Waals surface area contributed by atoms with Crippen molar-refractivity contribution in [3.8, 4) is 0 Å². The molecule has 26 heavy (non-hydrogen) atoms. The van der Waals surface area contributed by atoms with E-state index in [0.29, 0.717) is 0 Å². The van der Waals surface area contributed by atoms with E-state index in [2.05, 4.69) is 15.9 Å². The maximum atomic E-state index is 13.5. The van der Waals surface area contributed by atoms with Gasteiger partial charge in [0.15, 0.2) is 0 Å². The van der Waals surface area contributed by atoms with Crippen LogP contribution in [0.1, 0.15) is 23.2 Å². The lowest BCUT2D eigenvalue weighted by Crippen LogP contribution is -2.51. The van der Waals surface area contributed by atoms with Gasteiger partial charge in [0.05, 0.1) is 12.2 Å². The zero-order valence-electron chi connectivity index (χ0n) is 12.7. The van der Waals surface area contributed by atoms with Gasteiger partial charge in [0.25, 0.3) is 0 Å². The largest absolute Gasteiger partial charge is 0.462 e. The van der Waals surface area contributed by atoms with Crippen LogP contribution in [0.25, 0.3) is 0 Å². The number of rotatable bonds is 6. The Hall–Kier alpha value is -0.850. The quantitative estimate of drug-likeness (QED) is 0.170. The summed E-state index contributed by atoms with van der Waals surface area (Å²) in [5, 5.41) is 0. The first kappa shape index (κ1) is 23.2. The number of alkyl halides is 7. The molecule has 1 aromatic carbocycles. The van der Waals surface area contributed by atoms with Crippen molar-refractivity contribution in [2.24, 2.45) is 0 Å². The summed E-state index contributed by atoms with van der Waals surface area (Å²) in [6.07, 6.45) is -13.1. The molecule has 1 rings (SSSR count). The van der Waals surface area contributed by atoms with Gasteiger partial charge in [-0.3, -0.25) is 0 Å². The molecule has 146 valence electrons. The fourth-order valence-corrected chi connectivity index (χ4v) is 2.76. The number of carbonyl (C=O) groups is 1. The molecule has 0 saturated heterocycles. The summed E-state index contributed by atoms with van der Waals surface area (Å²) in [6.45, 7) is -0.243. The van der Waals surface area contributed by atoms with Crippen LogP contribution in [0.2, 0.25) is 0 Å². The number of hydrogen-bond donors (Lipinski definition) is 0. The van der Waals surface area contributed by atoms with Crippen molar-refractivity contribution in [3.63, 3.8) is 0 Å². The number of allylic oxidation sites excluding steroid dienone is 2. The van der Waals surface area contributed by atoms with Crippen molar-refractivity contribution < 1.29 is 40.3 Å². The zero-order chi connectivity index (χ0) is 20.2. The molecule has 0 fully saturated rings. The fraction of sp³-hybridized carbons (Fsp3) is 0.400. The van der Waals surface area contributed by atoms with E-state index in [1.54, 1.807) is 12.1 Å². The van der Waals surface area contributed by atoms with Crippen LogP contribution in [0, 0.1) is 0 Å². The lowest BCUT2D eigenvalue weighted by atomic mass is 10.0. The molecule has 0 atom stereocenters. The molecule has 0 aromatic heterocycles. The summed E-state index contributed by atoms with van der Waals surface area (Å²) >= 11 is 4.37. The molecule has 1 aromatic rings. The molecule has 0 N–H and O–H groups in total. The van der Waals surface area contributed by atoms with E-state index >= 15 is 0 Å². The highest BCUT2D eigenvalue weighted by molar-refractivity contribution is 14.1. The monoisotopic (exact) mass is 562 g/mol. The summed E-state index contributed by atoms with van der Waals surface area (Å²) in [4.78, 5) is 11.7. The molecular formula is C15H11BrF7IO2. The first-order chi connectivity index (χ1) is 11.8. The molecule has 11 heteroatoms. The molecule has 0 aliphatic rings. The molecule has 0 radical (unpaired) electrons. The van der Waals surface area contributed by atoms with E-state index in [9.17, 15) is 35.5 Å². The Morgan fingerprint density at radius 2 is 1.54 bits per heavy atom. The van der Waals surface area contributed by atoms with E-state index < -0.39 is 33.6 Å². The van der Waals surface area contributed by atoms with Gasteiger partial charge in [-0.1, -0.05) is 15.9 Å². The minimum absolute atomic E-state index is 0.0666. The fourth-order valence-electron chi connectivity index (χ4n) is 1.69. The summed E-state index contributed by atoms with van der Waals surface area (Å²) in [5.74, 6) is -0.693. The maximum Gasteiger partial charge on any atom is 0.435 e. The van der Waals surface area contributed by atoms with Crippen LogP contribution in [0.5, 0.6) is 0 Å². The van der Waals surface area contributed by atoms with Gasteiger partial charge in [0, 0.05) is 4.47 Å². The predicted molar refractivity (Wildman–Crippen MR) is 91.7 cm³/mol. The van der Waals surface area contributed by atoms with E-state index in [0.717, 1.165) is 4.47 Å². The van der Waals surface area contributed by atoms with Crippen LogP contribution in [0.4, 0.5) is 30.7 Å². The van der Waals surface area contributed by atoms with E-state index in [-0.39, 0.29) is 25.0 Å². The Morgan fingerprint density at radius 1 is 1.04 bits per heavy atom. The summed E-state index contributed by atoms with van der Waals surface area (Å²) in [7, 11) is 0. The maximum absolute atomic E-state index is 13.5. The van der Waals surface area contributed by atoms with E-state index in [4.69, 9.17) is 4.74 Å².